The lowest BCUT2D eigenvalue weighted by Crippen LogP contribution is -2.09. The average molecular weight is 394 g/mol. The number of fused-ring (bicyclic) bond motifs is 1. The predicted molar refractivity (Wildman–Crippen MR) is 112 cm³/mol. The number of rotatable bonds is 8. The minimum atomic E-state index is -0.448. The quantitative estimate of drug-likeness (QED) is 0.301. The van der Waals surface area contributed by atoms with Crippen LogP contribution in [0.4, 0.5) is 0 Å². The Hall–Kier alpha value is -3.08. The van der Waals surface area contributed by atoms with Gasteiger partial charge in [-0.2, -0.15) is 0 Å². The molecular weight excluding hydrogens is 368 g/mol. The third-order valence-electron chi connectivity index (χ3n) is 4.76. The van der Waals surface area contributed by atoms with Crippen molar-refractivity contribution in [1.82, 2.24) is 0 Å². The van der Waals surface area contributed by atoms with Crippen LogP contribution in [-0.2, 0) is 16.1 Å². The van der Waals surface area contributed by atoms with Crippen LogP contribution in [-0.4, -0.2) is 12.6 Å². The zero-order valence-corrected chi connectivity index (χ0v) is 17.1. The first-order chi connectivity index (χ1) is 13.9. The van der Waals surface area contributed by atoms with Crippen LogP contribution in [0.5, 0.6) is 5.75 Å². The first-order valence-electron chi connectivity index (χ1n) is 9.85. The molecule has 0 amide bonds. The Kier molecular flexibility index (Phi) is 6.70. The van der Waals surface area contributed by atoms with Gasteiger partial charge in [-0.25, -0.2) is 4.79 Å². The molecule has 0 fully saturated rings. The second kappa shape index (κ2) is 9.41. The second-order valence-corrected chi connectivity index (χ2v) is 7.38. The second-order valence-electron chi connectivity index (χ2n) is 7.38. The topological polar surface area (TPSA) is 65.7 Å². The van der Waals surface area contributed by atoms with E-state index < -0.39 is 5.63 Å². The summed E-state index contributed by atoms with van der Waals surface area (Å²) in [6.45, 7) is 6.71. The number of benzene rings is 2. The Balaban J connectivity index is 1.61. The van der Waals surface area contributed by atoms with E-state index in [2.05, 4.69) is 13.8 Å². The molecule has 2 aromatic carbocycles. The Labute approximate surface area is 170 Å². The van der Waals surface area contributed by atoms with E-state index in [9.17, 15) is 9.59 Å². The molecule has 152 valence electrons. The number of hydrogen-bond donors (Lipinski definition) is 0. The van der Waals surface area contributed by atoms with E-state index in [4.69, 9.17) is 13.9 Å². The van der Waals surface area contributed by atoms with Gasteiger partial charge in [0.25, 0.3) is 0 Å². The highest BCUT2D eigenvalue weighted by atomic mass is 16.5. The van der Waals surface area contributed by atoms with Crippen LogP contribution in [0.1, 0.15) is 49.3 Å². The molecule has 0 aliphatic rings. The molecule has 0 saturated carbocycles. The highest BCUT2D eigenvalue weighted by Gasteiger charge is 2.13. The van der Waals surface area contributed by atoms with Crippen LogP contribution in [0, 0.1) is 6.92 Å². The normalized spacial score (nSPS) is 11.0. The number of ether oxygens (including phenoxy) is 2. The van der Waals surface area contributed by atoms with E-state index in [1.165, 1.54) is 11.6 Å². The predicted octanol–water partition coefficient (Wildman–Crippen LogP) is 5.13. The van der Waals surface area contributed by atoms with Crippen molar-refractivity contribution in [1.29, 1.82) is 0 Å². The summed E-state index contributed by atoms with van der Waals surface area (Å²) in [5.41, 5.74) is 2.98. The molecule has 0 bridgehead atoms. The van der Waals surface area contributed by atoms with Crippen molar-refractivity contribution in [2.24, 2.45) is 0 Å². The number of hydrogen-bond acceptors (Lipinski definition) is 5. The third-order valence-corrected chi connectivity index (χ3v) is 4.76. The Morgan fingerprint density at radius 1 is 1.10 bits per heavy atom. The molecule has 0 radical (unpaired) electrons. The zero-order chi connectivity index (χ0) is 20.8. The van der Waals surface area contributed by atoms with Crippen molar-refractivity contribution in [3.8, 4) is 5.75 Å². The van der Waals surface area contributed by atoms with Crippen LogP contribution < -0.4 is 10.4 Å². The number of esters is 1. The van der Waals surface area contributed by atoms with Gasteiger partial charge in [-0.1, -0.05) is 32.0 Å². The number of carbonyl (C=O) groups is 1. The van der Waals surface area contributed by atoms with Crippen molar-refractivity contribution in [3.05, 3.63) is 75.6 Å². The van der Waals surface area contributed by atoms with Crippen molar-refractivity contribution in [2.75, 3.05) is 6.61 Å². The number of aryl methyl sites for hydroxylation is 1. The van der Waals surface area contributed by atoms with Crippen LogP contribution in [0.25, 0.3) is 11.0 Å². The Bertz CT molecular complexity index is 1030. The molecule has 0 N–H and O–H groups in total. The fraction of sp³-hybridized carbons (Fsp3) is 0.333. The van der Waals surface area contributed by atoms with E-state index in [0.717, 1.165) is 16.7 Å². The number of carbonyl (C=O) groups excluding carboxylic acids is 1. The van der Waals surface area contributed by atoms with E-state index in [1.54, 1.807) is 0 Å². The molecule has 3 rings (SSSR count). The standard InChI is InChI=1S/C24H26O5/c1-16(2)20-14-21-18(13-24(26)29-22(21)12-17(20)3)15-28-23(25)10-7-11-27-19-8-5-4-6-9-19/h4-6,8-9,12-14,16H,7,10-11,15H2,1-3H3. The van der Waals surface area contributed by atoms with Gasteiger partial charge in [0.15, 0.2) is 0 Å². The molecule has 5 nitrogen and oxygen atoms in total. The maximum Gasteiger partial charge on any atom is 0.336 e. The minimum absolute atomic E-state index is 0.0427. The van der Waals surface area contributed by atoms with Gasteiger partial charge in [0.1, 0.15) is 17.9 Å². The number of para-hydroxylation sites is 1. The van der Waals surface area contributed by atoms with E-state index in [-0.39, 0.29) is 19.0 Å². The van der Waals surface area contributed by atoms with E-state index in [0.29, 0.717) is 30.1 Å². The minimum Gasteiger partial charge on any atom is -0.494 e. The van der Waals surface area contributed by atoms with Crippen LogP contribution in [0.15, 0.2) is 57.7 Å². The zero-order valence-electron chi connectivity index (χ0n) is 17.1. The Morgan fingerprint density at radius 2 is 1.86 bits per heavy atom. The first kappa shape index (κ1) is 20.6. The fourth-order valence-electron chi connectivity index (χ4n) is 3.29. The van der Waals surface area contributed by atoms with Gasteiger partial charge in [0.05, 0.1) is 6.61 Å². The molecule has 0 saturated heterocycles. The van der Waals surface area contributed by atoms with Crippen molar-refractivity contribution in [2.45, 2.75) is 46.1 Å². The molecule has 0 atom stereocenters. The molecule has 29 heavy (non-hydrogen) atoms. The van der Waals surface area contributed by atoms with Crippen molar-refractivity contribution >= 4 is 16.9 Å². The summed E-state index contributed by atoms with van der Waals surface area (Å²) in [7, 11) is 0. The smallest absolute Gasteiger partial charge is 0.336 e. The SMILES string of the molecule is Cc1cc2oc(=O)cc(COC(=O)CCCOc3ccccc3)c2cc1C(C)C. The van der Waals surface area contributed by atoms with Crippen LogP contribution >= 0.6 is 0 Å². The largest absolute Gasteiger partial charge is 0.494 e. The maximum absolute atomic E-state index is 12.1. The first-order valence-corrected chi connectivity index (χ1v) is 9.85. The summed E-state index contributed by atoms with van der Waals surface area (Å²) in [5, 5.41) is 0.805. The fourth-order valence-corrected chi connectivity index (χ4v) is 3.29. The summed E-state index contributed by atoms with van der Waals surface area (Å²) in [4.78, 5) is 24.0. The van der Waals surface area contributed by atoms with Gasteiger partial charge >= 0.3 is 11.6 Å². The van der Waals surface area contributed by atoms with Crippen LogP contribution in [0.3, 0.4) is 0 Å². The lowest BCUT2D eigenvalue weighted by molar-refractivity contribution is -0.145. The summed E-state index contributed by atoms with van der Waals surface area (Å²) in [6.07, 6.45) is 0.810. The van der Waals surface area contributed by atoms with Gasteiger partial charge in [0.2, 0.25) is 0 Å². The molecule has 1 heterocycles. The molecule has 0 aliphatic carbocycles. The van der Waals surface area contributed by atoms with Crippen LogP contribution in [0.2, 0.25) is 0 Å². The Morgan fingerprint density at radius 3 is 2.59 bits per heavy atom. The highest BCUT2D eigenvalue weighted by molar-refractivity contribution is 5.82. The van der Waals surface area contributed by atoms with Gasteiger partial charge in [-0.15, -0.1) is 0 Å². The molecule has 3 aromatic rings. The molecule has 1 aromatic heterocycles. The highest BCUT2D eigenvalue weighted by Crippen LogP contribution is 2.27. The van der Waals surface area contributed by atoms with Gasteiger partial charge in [-0.05, 0) is 54.7 Å². The third kappa shape index (κ3) is 5.47. The summed E-state index contributed by atoms with van der Waals surface area (Å²) >= 11 is 0. The molecule has 5 heteroatoms. The summed E-state index contributed by atoms with van der Waals surface area (Å²) in [6, 6.07) is 14.8. The summed E-state index contributed by atoms with van der Waals surface area (Å²) in [5.74, 6) is 0.796. The van der Waals surface area contributed by atoms with Gasteiger partial charge < -0.3 is 13.9 Å². The monoisotopic (exact) mass is 394 g/mol. The molecule has 0 unspecified atom stereocenters. The lowest BCUT2D eigenvalue weighted by Gasteiger charge is -2.13. The maximum atomic E-state index is 12.1. The average Bonchev–Trinajstić information content (AvgIpc) is 2.69. The van der Waals surface area contributed by atoms with Gasteiger partial charge in [-0.3, -0.25) is 4.79 Å². The molecule has 0 aliphatic heterocycles. The van der Waals surface area contributed by atoms with E-state index >= 15 is 0 Å². The van der Waals surface area contributed by atoms with E-state index in [1.807, 2.05) is 49.4 Å². The van der Waals surface area contributed by atoms with Crippen molar-refractivity contribution in [3.63, 3.8) is 0 Å². The summed E-state index contributed by atoms with van der Waals surface area (Å²) < 4.78 is 16.3. The van der Waals surface area contributed by atoms with Gasteiger partial charge in [0, 0.05) is 23.4 Å². The molecule has 0 spiro atoms. The lowest BCUT2D eigenvalue weighted by atomic mass is 9.95. The van der Waals surface area contributed by atoms with Crippen molar-refractivity contribution < 1.29 is 18.7 Å². The molecular formula is C24H26O5.